The van der Waals surface area contributed by atoms with Gasteiger partial charge in [0, 0.05) is 5.41 Å². The maximum absolute atomic E-state index is 6.45. The van der Waals surface area contributed by atoms with E-state index in [9.17, 15) is 0 Å². The van der Waals surface area contributed by atoms with Crippen LogP contribution in [0.2, 0.25) is 0 Å². The number of benzene rings is 1. The van der Waals surface area contributed by atoms with Gasteiger partial charge in [0.25, 0.3) is 0 Å². The van der Waals surface area contributed by atoms with E-state index in [0.717, 1.165) is 16.1 Å². The van der Waals surface area contributed by atoms with Crippen LogP contribution in [0, 0.1) is 0 Å². The summed E-state index contributed by atoms with van der Waals surface area (Å²) in [5.41, 5.74) is 10.00. The molecule has 1 unspecified atom stereocenters. The predicted octanol–water partition coefficient (Wildman–Crippen LogP) is 4.18. The quantitative estimate of drug-likeness (QED) is 0.905. The highest BCUT2D eigenvalue weighted by Gasteiger charge is 2.26. The van der Waals surface area contributed by atoms with Crippen molar-refractivity contribution >= 4 is 11.5 Å². The molecule has 0 amide bonds. The Labute approximate surface area is 131 Å². The summed E-state index contributed by atoms with van der Waals surface area (Å²) in [5, 5.41) is 4.28. The molecule has 0 aliphatic rings. The maximum Gasteiger partial charge on any atom is 0.0860 e. The molecule has 0 radical (unpaired) electrons. The van der Waals surface area contributed by atoms with Gasteiger partial charge in [0.15, 0.2) is 0 Å². The number of hydrogen-bond acceptors (Lipinski definition) is 4. The number of nitrogens with zero attached hydrogens (tertiary/aromatic N) is 2. The van der Waals surface area contributed by atoms with Crippen molar-refractivity contribution in [2.45, 2.75) is 58.4 Å². The SMILES string of the molecule is CC(C)(C)c1ccc(C(N)c2snnc2C(C)(C)C)cc1. The minimum Gasteiger partial charge on any atom is -0.320 e. The molecule has 3 nitrogen and oxygen atoms in total. The number of hydrogen-bond donors (Lipinski definition) is 1. The lowest BCUT2D eigenvalue weighted by Gasteiger charge is -2.21. The van der Waals surface area contributed by atoms with Crippen LogP contribution in [0.15, 0.2) is 24.3 Å². The van der Waals surface area contributed by atoms with E-state index in [0.29, 0.717) is 0 Å². The third kappa shape index (κ3) is 3.50. The number of aromatic nitrogens is 2. The van der Waals surface area contributed by atoms with Crippen molar-refractivity contribution in [1.29, 1.82) is 0 Å². The second-order valence-corrected chi connectivity index (χ2v) is 8.37. The molecule has 2 aromatic rings. The van der Waals surface area contributed by atoms with Gasteiger partial charge in [-0.3, -0.25) is 0 Å². The second-order valence-electron chi connectivity index (χ2n) is 7.59. The van der Waals surface area contributed by atoms with Crippen molar-refractivity contribution in [3.05, 3.63) is 46.0 Å². The minimum atomic E-state index is -0.159. The average molecular weight is 303 g/mol. The zero-order valence-corrected chi connectivity index (χ0v) is 14.6. The summed E-state index contributed by atoms with van der Waals surface area (Å²) in [6.07, 6.45) is 0. The van der Waals surface area contributed by atoms with Gasteiger partial charge in [0.05, 0.1) is 16.6 Å². The van der Waals surface area contributed by atoms with E-state index in [1.54, 1.807) is 0 Å². The lowest BCUT2D eigenvalue weighted by molar-refractivity contribution is 0.556. The molecule has 0 bridgehead atoms. The molecule has 1 atom stereocenters. The van der Waals surface area contributed by atoms with E-state index in [1.807, 2.05) is 0 Å². The van der Waals surface area contributed by atoms with Crippen molar-refractivity contribution < 1.29 is 0 Å². The van der Waals surface area contributed by atoms with E-state index in [-0.39, 0.29) is 16.9 Å². The predicted molar refractivity (Wildman–Crippen MR) is 89.8 cm³/mol. The standard InChI is InChI=1S/C17H25N3S/c1-16(2,3)12-9-7-11(8-10-12)13(18)14-15(17(4,5)6)19-20-21-14/h7-10,13H,18H2,1-6H3. The smallest absolute Gasteiger partial charge is 0.0860 e. The molecule has 0 fully saturated rings. The molecule has 0 saturated carbocycles. The van der Waals surface area contributed by atoms with Gasteiger partial charge in [0.1, 0.15) is 0 Å². The van der Waals surface area contributed by atoms with Gasteiger partial charge in [-0.05, 0) is 28.1 Å². The largest absolute Gasteiger partial charge is 0.320 e. The highest BCUT2D eigenvalue weighted by molar-refractivity contribution is 7.05. The van der Waals surface area contributed by atoms with Crippen LogP contribution in [0.4, 0.5) is 0 Å². The van der Waals surface area contributed by atoms with Gasteiger partial charge in [0.2, 0.25) is 0 Å². The van der Waals surface area contributed by atoms with Crippen molar-refractivity contribution in [2.24, 2.45) is 5.73 Å². The molecule has 0 aliphatic heterocycles. The van der Waals surface area contributed by atoms with Gasteiger partial charge in [-0.1, -0.05) is 70.3 Å². The Hall–Kier alpha value is -1.26. The first kappa shape index (κ1) is 16.1. The molecule has 0 saturated heterocycles. The summed E-state index contributed by atoms with van der Waals surface area (Å²) in [4.78, 5) is 1.06. The summed E-state index contributed by atoms with van der Waals surface area (Å²) in [7, 11) is 0. The fraction of sp³-hybridized carbons (Fsp3) is 0.529. The third-order valence-corrected chi connectivity index (χ3v) is 4.45. The first-order valence-corrected chi connectivity index (χ1v) is 8.07. The Balaban J connectivity index is 2.33. The summed E-state index contributed by atoms with van der Waals surface area (Å²) >= 11 is 1.40. The van der Waals surface area contributed by atoms with Crippen LogP contribution in [0.3, 0.4) is 0 Å². The fourth-order valence-electron chi connectivity index (χ4n) is 2.26. The zero-order valence-electron chi connectivity index (χ0n) is 13.8. The first-order chi connectivity index (χ1) is 9.60. The van der Waals surface area contributed by atoms with Gasteiger partial charge in [-0.25, -0.2) is 0 Å². The summed E-state index contributed by atoms with van der Waals surface area (Å²) in [6, 6.07) is 8.42. The number of nitrogens with two attached hydrogens (primary N) is 1. The summed E-state index contributed by atoms with van der Waals surface area (Å²) in [5.74, 6) is 0. The molecule has 1 heterocycles. The van der Waals surface area contributed by atoms with E-state index in [2.05, 4.69) is 75.4 Å². The van der Waals surface area contributed by atoms with E-state index in [4.69, 9.17) is 5.73 Å². The van der Waals surface area contributed by atoms with E-state index < -0.39 is 0 Å². The highest BCUT2D eigenvalue weighted by Crippen LogP contribution is 2.33. The minimum absolute atomic E-state index is 0.0364. The molecule has 1 aromatic heterocycles. The van der Waals surface area contributed by atoms with Crippen LogP contribution in [-0.2, 0) is 10.8 Å². The van der Waals surface area contributed by atoms with Crippen molar-refractivity contribution in [3.63, 3.8) is 0 Å². The summed E-state index contributed by atoms with van der Waals surface area (Å²) < 4.78 is 4.10. The zero-order chi connectivity index (χ0) is 15.8. The van der Waals surface area contributed by atoms with Gasteiger partial charge in [-0.15, -0.1) is 5.10 Å². The van der Waals surface area contributed by atoms with Gasteiger partial charge < -0.3 is 5.73 Å². The maximum atomic E-state index is 6.45. The molecular weight excluding hydrogens is 278 g/mol. The molecule has 0 spiro atoms. The van der Waals surface area contributed by atoms with E-state index >= 15 is 0 Å². The van der Waals surface area contributed by atoms with Crippen LogP contribution in [0.25, 0.3) is 0 Å². The average Bonchev–Trinajstić information content (AvgIpc) is 2.86. The fourth-order valence-corrected chi connectivity index (χ4v) is 3.16. The highest BCUT2D eigenvalue weighted by atomic mass is 32.1. The topological polar surface area (TPSA) is 51.8 Å². The lowest BCUT2D eigenvalue weighted by atomic mass is 9.85. The third-order valence-electron chi connectivity index (χ3n) is 3.64. The Morgan fingerprint density at radius 2 is 1.52 bits per heavy atom. The Bertz CT molecular complexity index is 600. The molecule has 0 aliphatic carbocycles. The second kappa shape index (κ2) is 5.50. The monoisotopic (exact) mass is 303 g/mol. The van der Waals surface area contributed by atoms with Crippen molar-refractivity contribution in [3.8, 4) is 0 Å². The van der Waals surface area contributed by atoms with Crippen LogP contribution in [0.1, 0.15) is 69.3 Å². The molecule has 114 valence electrons. The van der Waals surface area contributed by atoms with Crippen LogP contribution in [0.5, 0.6) is 0 Å². The Kier molecular flexibility index (Phi) is 4.22. The van der Waals surface area contributed by atoms with Gasteiger partial charge >= 0.3 is 0 Å². The van der Waals surface area contributed by atoms with Crippen LogP contribution < -0.4 is 5.73 Å². The van der Waals surface area contributed by atoms with Crippen molar-refractivity contribution in [2.75, 3.05) is 0 Å². The van der Waals surface area contributed by atoms with E-state index in [1.165, 1.54) is 17.1 Å². The van der Waals surface area contributed by atoms with Gasteiger partial charge in [-0.2, -0.15) is 0 Å². The molecule has 21 heavy (non-hydrogen) atoms. The normalized spacial score (nSPS) is 14.2. The lowest BCUT2D eigenvalue weighted by Crippen LogP contribution is -2.20. The Morgan fingerprint density at radius 3 is 2.00 bits per heavy atom. The van der Waals surface area contributed by atoms with Crippen molar-refractivity contribution in [1.82, 2.24) is 9.59 Å². The summed E-state index contributed by atoms with van der Waals surface area (Å²) in [6.45, 7) is 13.1. The van der Waals surface area contributed by atoms with Crippen LogP contribution >= 0.6 is 11.5 Å². The molecule has 2 rings (SSSR count). The Morgan fingerprint density at radius 1 is 0.952 bits per heavy atom. The van der Waals surface area contributed by atoms with Crippen LogP contribution in [-0.4, -0.2) is 9.59 Å². The molecule has 4 heteroatoms. The molecular formula is C17H25N3S. The molecule has 1 aromatic carbocycles. The molecule has 2 N–H and O–H groups in total. The number of rotatable bonds is 2. The first-order valence-electron chi connectivity index (χ1n) is 7.29.